The molecule has 14 heavy (non-hydrogen) atoms. The smallest absolute Gasteiger partial charge is 0.0646 e. The first kappa shape index (κ1) is 10.1. The lowest BCUT2D eigenvalue weighted by atomic mass is 10.0. The summed E-state index contributed by atoms with van der Waals surface area (Å²) in [4.78, 5) is 1.44. The summed E-state index contributed by atoms with van der Waals surface area (Å²) in [5, 5.41) is 5.74. The van der Waals surface area contributed by atoms with Gasteiger partial charge in [-0.05, 0) is 37.3 Å². The van der Waals surface area contributed by atoms with Crippen LogP contribution in [0, 0.1) is 6.92 Å². The Kier molecular flexibility index (Phi) is 2.91. The van der Waals surface area contributed by atoms with Crippen molar-refractivity contribution < 1.29 is 4.74 Å². The maximum atomic E-state index is 5.40. The van der Waals surface area contributed by atoms with E-state index in [9.17, 15) is 0 Å². The molecule has 0 radical (unpaired) electrons. The molecule has 0 aromatic carbocycles. The van der Waals surface area contributed by atoms with Crippen LogP contribution in [0.1, 0.15) is 23.8 Å². The van der Waals surface area contributed by atoms with Gasteiger partial charge >= 0.3 is 0 Å². The predicted octanol–water partition coefficient (Wildman–Crippen LogP) is 2.33. The first-order valence-electron chi connectivity index (χ1n) is 5.05. The molecule has 0 amide bonds. The van der Waals surface area contributed by atoms with E-state index in [1.54, 1.807) is 0 Å². The molecule has 1 unspecified atom stereocenters. The van der Waals surface area contributed by atoms with E-state index in [2.05, 4.69) is 30.6 Å². The fraction of sp³-hybridized carbons (Fsp3) is 0.636. The highest BCUT2D eigenvalue weighted by Crippen LogP contribution is 2.20. The van der Waals surface area contributed by atoms with Gasteiger partial charge in [0.05, 0.1) is 6.61 Å². The Morgan fingerprint density at radius 3 is 3.07 bits per heavy atom. The van der Waals surface area contributed by atoms with E-state index >= 15 is 0 Å². The predicted molar refractivity (Wildman–Crippen MR) is 59.7 cm³/mol. The van der Waals surface area contributed by atoms with Crippen LogP contribution in [0.3, 0.4) is 0 Å². The minimum absolute atomic E-state index is 0.191. The van der Waals surface area contributed by atoms with E-state index in [0.717, 1.165) is 26.2 Å². The number of thiophene rings is 1. The Labute approximate surface area is 89.3 Å². The average Bonchev–Trinajstić information content (AvgIpc) is 2.73. The molecule has 2 nitrogen and oxygen atoms in total. The number of ether oxygens (including phenoxy) is 1. The van der Waals surface area contributed by atoms with Crippen molar-refractivity contribution >= 4 is 11.3 Å². The molecule has 1 fully saturated rings. The van der Waals surface area contributed by atoms with Gasteiger partial charge in [-0.25, -0.2) is 0 Å². The lowest BCUT2D eigenvalue weighted by molar-refractivity contribution is 0.171. The third-order valence-electron chi connectivity index (χ3n) is 2.86. The average molecular weight is 211 g/mol. The highest BCUT2D eigenvalue weighted by molar-refractivity contribution is 7.10. The Bertz CT molecular complexity index is 302. The Hall–Kier alpha value is -0.380. The van der Waals surface area contributed by atoms with E-state index in [0.29, 0.717) is 0 Å². The summed E-state index contributed by atoms with van der Waals surface area (Å²) in [6.45, 7) is 7.12. The molecule has 1 aliphatic rings. The zero-order chi connectivity index (χ0) is 10.0. The molecular formula is C11H17NOS. The third kappa shape index (κ3) is 2.16. The summed E-state index contributed by atoms with van der Waals surface area (Å²) < 4.78 is 5.40. The lowest BCUT2D eigenvalue weighted by Crippen LogP contribution is -2.42. The fourth-order valence-corrected chi connectivity index (χ4v) is 2.53. The minimum Gasteiger partial charge on any atom is -0.379 e. The second kappa shape index (κ2) is 4.01. The normalized spacial score (nSPS) is 27.0. The van der Waals surface area contributed by atoms with E-state index in [1.807, 2.05) is 11.3 Å². The van der Waals surface area contributed by atoms with Gasteiger partial charge in [-0.15, -0.1) is 11.3 Å². The maximum Gasteiger partial charge on any atom is 0.0646 e. The standard InChI is InChI=1S/C11H17NOS/c1-9-3-6-14-10(9)7-12-11(2)4-5-13-8-11/h3,6,12H,4-5,7-8H2,1-2H3. The summed E-state index contributed by atoms with van der Waals surface area (Å²) in [5.74, 6) is 0. The SMILES string of the molecule is Cc1ccsc1CNC1(C)CCOC1. The summed E-state index contributed by atoms with van der Waals surface area (Å²) in [5.41, 5.74) is 1.58. The monoisotopic (exact) mass is 211 g/mol. The van der Waals surface area contributed by atoms with Gasteiger partial charge in [-0.1, -0.05) is 0 Å². The van der Waals surface area contributed by atoms with Crippen molar-refractivity contribution in [3.05, 3.63) is 21.9 Å². The molecule has 1 aromatic rings. The van der Waals surface area contributed by atoms with Crippen molar-refractivity contribution in [2.75, 3.05) is 13.2 Å². The first-order chi connectivity index (χ1) is 6.70. The van der Waals surface area contributed by atoms with Crippen LogP contribution in [0.25, 0.3) is 0 Å². The summed E-state index contributed by atoms with van der Waals surface area (Å²) >= 11 is 1.83. The Balaban J connectivity index is 1.91. The highest BCUT2D eigenvalue weighted by atomic mass is 32.1. The summed E-state index contributed by atoms with van der Waals surface area (Å²) in [7, 11) is 0. The second-order valence-electron chi connectivity index (χ2n) is 4.24. The van der Waals surface area contributed by atoms with Gasteiger partial charge < -0.3 is 10.1 Å². The van der Waals surface area contributed by atoms with Crippen LogP contribution in [-0.2, 0) is 11.3 Å². The van der Waals surface area contributed by atoms with Crippen LogP contribution in [0.4, 0.5) is 0 Å². The lowest BCUT2D eigenvalue weighted by Gasteiger charge is -2.23. The second-order valence-corrected chi connectivity index (χ2v) is 5.24. The van der Waals surface area contributed by atoms with Crippen molar-refractivity contribution in [3.63, 3.8) is 0 Å². The van der Waals surface area contributed by atoms with Gasteiger partial charge in [-0.2, -0.15) is 0 Å². The van der Waals surface area contributed by atoms with Crippen molar-refractivity contribution in [1.82, 2.24) is 5.32 Å². The summed E-state index contributed by atoms with van der Waals surface area (Å²) in [6, 6.07) is 2.18. The van der Waals surface area contributed by atoms with E-state index in [1.165, 1.54) is 10.4 Å². The zero-order valence-electron chi connectivity index (χ0n) is 8.80. The Morgan fingerprint density at radius 2 is 2.50 bits per heavy atom. The van der Waals surface area contributed by atoms with Gasteiger partial charge in [-0.3, -0.25) is 0 Å². The third-order valence-corrected chi connectivity index (χ3v) is 3.89. The van der Waals surface area contributed by atoms with Crippen LogP contribution < -0.4 is 5.32 Å². The molecule has 1 atom stereocenters. The topological polar surface area (TPSA) is 21.3 Å². The molecule has 1 aliphatic heterocycles. The molecule has 0 aliphatic carbocycles. The number of nitrogens with one attached hydrogen (secondary N) is 1. The van der Waals surface area contributed by atoms with E-state index < -0.39 is 0 Å². The van der Waals surface area contributed by atoms with Crippen LogP contribution in [0.15, 0.2) is 11.4 Å². The number of hydrogen-bond acceptors (Lipinski definition) is 3. The molecule has 78 valence electrons. The molecule has 3 heteroatoms. The van der Waals surface area contributed by atoms with Gasteiger partial charge in [0.2, 0.25) is 0 Å². The van der Waals surface area contributed by atoms with Crippen LogP contribution in [0.2, 0.25) is 0 Å². The largest absolute Gasteiger partial charge is 0.379 e. The van der Waals surface area contributed by atoms with Crippen molar-refractivity contribution in [1.29, 1.82) is 0 Å². The van der Waals surface area contributed by atoms with Gasteiger partial charge in [0.1, 0.15) is 0 Å². The van der Waals surface area contributed by atoms with E-state index in [4.69, 9.17) is 4.74 Å². The molecule has 1 N–H and O–H groups in total. The maximum absolute atomic E-state index is 5.40. The molecule has 0 spiro atoms. The van der Waals surface area contributed by atoms with Crippen LogP contribution >= 0.6 is 11.3 Å². The fourth-order valence-electron chi connectivity index (χ4n) is 1.69. The quantitative estimate of drug-likeness (QED) is 0.828. The van der Waals surface area contributed by atoms with E-state index in [-0.39, 0.29) is 5.54 Å². The van der Waals surface area contributed by atoms with Gasteiger partial charge in [0.25, 0.3) is 0 Å². The molecule has 1 saturated heterocycles. The molecule has 0 bridgehead atoms. The number of rotatable bonds is 3. The summed E-state index contributed by atoms with van der Waals surface area (Å²) in [6.07, 6.45) is 1.12. The molecule has 0 saturated carbocycles. The minimum atomic E-state index is 0.191. The number of hydrogen-bond donors (Lipinski definition) is 1. The van der Waals surface area contributed by atoms with Crippen molar-refractivity contribution in [2.45, 2.75) is 32.4 Å². The molecular weight excluding hydrogens is 194 g/mol. The Morgan fingerprint density at radius 1 is 1.64 bits per heavy atom. The zero-order valence-corrected chi connectivity index (χ0v) is 9.62. The van der Waals surface area contributed by atoms with Crippen LogP contribution in [0.5, 0.6) is 0 Å². The first-order valence-corrected chi connectivity index (χ1v) is 5.93. The molecule has 2 heterocycles. The van der Waals surface area contributed by atoms with Crippen LogP contribution in [-0.4, -0.2) is 18.8 Å². The molecule has 1 aromatic heterocycles. The van der Waals surface area contributed by atoms with Gasteiger partial charge in [0.15, 0.2) is 0 Å². The highest BCUT2D eigenvalue weighted by Gasteiger charge is 2.28. The number of aryl methyl sites for hydroxylation is 1. The molecule has 2 rings (SSSR count). The van der Waals surface area contributed by atoms with Gasteiger partial charge in [0, 0.05) is 23.6 Å². The van der Waals surface area contributed by atoms with Crippen molar-refractivity contribution in [3.8, 4) is 0 Å². The van der Waals surface area contributed by atoms with Crippen molar-refractivity contribution in [2.24, 2.45) is 0 Å².